The maximum atomic E-state index is 13.9. The monoisotopic (exact) mass is 477 g/mol. The fraction of sp³-hybridized carbons (Fsp3) is 0.280. The topological polar surface area (TPSA) is 82.2 Å². The van der Waals surface area contributed by atoms with Crippen molar-refractivity contribution in [2.75, 3.05) is 11.4 Å². The molecule has 0 unspecified atom stereocenters. The Balaban J connectivity index is 1.54. The molecular formula is C25H21F2N5O3. The molecule has 2 aromatic heterocycles. The van der Waals surface area contributed by atoms with Crippen molar-refractivity contribution in [3.63, 3.8) is 0 Å². The third-order valence-electron chi connectivity index (χ3n) is 6.38. The number of anilines is 1. The Bertz CT molecular complexity index is 1520. The zero-order valence-corrected chi connectivity index (χ0v) is 18.8. The molecule has 0 saturated heterocycles. The van der Waals surface area contributed by atoms with Crippen molar-refractivity contribution in [3.8, 4) is 22.6 Å². The second-order valence-corrected chi connectivity index (χ2v) is 8.96. The van der Waals surface area contributed by atoms with Crippen molar-refractivity contribution in [2.24, 2.45) is 13.0 Å². The zero-order chi connectivity index (χ0) is 24.3. The van der Waals surface area contributed by atoms with Gasteiger partial charge in [0.15, 0.2) is 0 Å². The molecule has 1 aliphatic carbocycles. The highest BCUT2D eigenvalue weighted by Gasteiger charge is 2.37. The zero-order valence-electron chi connectivity index (χ0n) is 18.8. The van der Waals surface area contributed by atoms with Gasteiger partial charge in [-0.3, -0.25) is 14.3 Å². The Morgan fingerprint density at radius 2 is 1.86 bits per heavy atom. The standard InChI is InChI=1S/C25H21F2N5O3/c1-30-13-16-10-17(6-9-19(16)28-30)32-24(34)22(15-4-7-18(8-5-15)35-25(26)27)23-20(29-32)11-21(33)31(23)12-14-2-3-14/h4-10,13-14,25H,2-3,11-12H2,1H3. The van der Waals surface area contributed by atoms with E-state index in [1.54, 1.807) is 27.8 Å². The van der Waals surface area contributed by atoms with E-state index in [0.717, 1.165) is 23.7 Å². The lowest BCUT2D eigenvalue weighted by atomic mass is 10.0. The molecule has 1 fully saturated rings. The second kappa shape index (κ2) is 8.00. The molecule has 10 heteroatoms. The lowest BCUT2D eigenvalue weighted by Gasteiger charge is -2.21. The molecule has 1 aliphatic heterocycles. The summed E-state index contributed by atoms with van der Waals surface area (Å²) in [5, 5.41) is 9.81. The lowest BCUT2D eigenvalue weighted by Crippen LogP contribution is -2.31. The molecule has 178 valence electrons. The highest BCUT2D eigenvalue weighted by Crippen LogP contribution is 2.40. The molecule has 2 aromatic carbocycles. The third-order valence-corrected chi connectivity index (χ3v) is 6.38. The van der Waals surface area contributed by atoms with Gasteiger partial charge in [0.05, 0.1) is 34.6 Å². The molecule has 4 aromatic rings. The number of alkyl halides is 2. The van der Waals surface area contributed by atoms with Crippen LogP contribution in [-0.2, 0) is 18.3 Å². The van der Waals surface area contributed by atoms with Crippen LogP contribution in [0.5, 0.6) is 5.75 Å². The van der Waals surface area contributed by atoms with Crippen LogP contribution >= 0.6 is 0 Å². The molecular weight excluding hydrogens is 456 g/mol. The van der Waals surface area contributed by atoms with E-state index in [4.69, 9.17) is 0 Å². The summed E-state index contributed by atoms with van der Waals surface area (Å²) in [7, 11) is 1.82. The maximum absolute atomic E-state index is 13.9. The molecule has 3 heterocycles. The number of carbonyl (C=O) groups is 1. The second-order valence-electron chi connectivity index (χ2n) is 8.96. The molecule has 1 saturated carbocycles. The highest BCUT2D eigenvalue weighted by molar-refractivity contribution is 6.05. The van der Waals surface area contributed by atoms with Gasteiger partial charge in [-0.1, -0.05) is 12.1 Å². The summed E-state index contributed by atoms with van der Waals surface area (Å²) < 4.78 is 32.7. The number of fused-ring (bicyclic) bond motifs is 2. The maximum Gasteiger partial charge on any atom is 0.387 e. The van der Waals surface area contributed by atoms with Gasteiger partial charge in [0, 0.05) is 25.2 Å². The molecule has 35 heavy (non-hydrogen) atoms. The van der Waals surface area contributed by atoms with E-state index in [-0.39, 0.29) is 18.1 Å². The summed E-state index contributed by atoms with van der Waals surface area (Å²) >= 11 is 0. The van der Waals surface area contributed by atoms with Crippen molar-refractivity contribution >= 4 is 22.5 Å². The molecule has 1 amide bonds. The van der Waals surface area contributed by atoms with Gasteiger partial charge in [0.2, 0.25) is 5.91 Å². The van der Waals surface area contributed by atoms with Crippen LogP contribution in [0, 0.1) is 5.92 Å². The SMILES string of the molecule is Cn1cc2cc(-n3nc4c(c(-c5ccc(OC(F)F)cc5)c3=O)N(CC3CC3)C(=O)C4)ccc2n1. The fourth-order valence-electron chi connectivity index (χ4n) is 4.60. The number of halogens is 2. The number of rotatable bonds is 6. The van der Waals surface area contributed by atoms with Crippen molar-refractivity contribution in [3.05, 3.63) is 64.7 Å². The number of aryl methyl sites for hydroxylation is 1. The summed E-state index contributed by atoms with van der Waals surface area (Å²) in [4.78, 5) is 28.5. The first-order chi connectivity index (χ1) is 16.9. The molecule has 0 atom stereocenters. The van der Waals surface area contributed by atoms with E-state index in [9.17, 15) is 18.4 Å². The summed E-state index contributed by atoms with van der Waals surface area (Å²) in [6.45, 7) is -2.41. The highest BCUT2D eigenvalue weighted by atomic mass is 19.3. The van der Waals surface area contributed by atoms with E-state index < -0.39 is 12.2 Å². The third kappa shape index (κ3) is 3.84. The number of hydrogen-bond donors (Lipinski definition) is 0. The van der Waals surface area contributed by atoms with Crippen LogP contribution < -0.4 is 15.2 Å². The first kappa shape index (κ1) is 21.5. The largest absolute Gasteiger partial charge is 0.435 e. The number of aromatic nitrogens is 4. The molecule has 0 N–H and O–H groups in total. The van der Waals surface area contributed by atoms with Crippen LogP contribution in [0.1, 0.15) is 18.5 Å². The minimum absolute atomic E-state index is 0.0114. The number of nitrogens with zero attached hydrogens (tertiary/aromatic N) is 5. The van der Waals surface area contributed by atoms with Crippen LogP contribution in [0.2, 0.25) is 0 Å². The molecule has 6 rings (SSSR count). The molecule has 2 aliphatic rings. The lowest BCUT2D eigenvalue weighted by molar-refractivity contribution is -0.117. The Labute approximate surface area is 198 Å². The summed E-state index contributed by atoms with van der Waals surface area (Å²) in [6.07, 6.45) is 4.03. The van der Waals surface area contributed by atoms with Gasteiger partial charge in [0.1, 0.15) is 5.75 Å². The van der Waals surface area contributed by atoms with E-state index in [0.29, 0.717) is 40.7 Å². The van der Waals surface area contributed by atoms with Gasteiger partial charge in [-0.15, -0.1) is 0 Å². The predicted molar refractivity (Wildman–Crippen MR) is 125 cm³/mol. The summed E-state index contributed by atoms with van der Waals surface area (Å²) in [6, 6.07) is 11.3. The van der Waals surface area contributed by atoms with Crippen LogP contribution in [-0.4, -0.2) is 38.6 Å². The average molecular weight is 477 g/mol. The Morgan fingerprint density at radius 3 is 2.57 bits per heavy atom. The predicted octanol–water partition coefficient (Wildman–Crippen LogP) is 3.69. The minimum Gasteiger partial charge on any atom is -0.435 e. The normalized spacial score (nSPS) is 15.3. The Kier molecular flexibility index (Phi) is 4.91. The van der Waals surface area contributed by atoms with Crippen molar-refractivity contribution in [1.82, 2.24) is 19.6 Å². The number of amides is 1. The van der Waals surface area contributed by atoms with E-state index in [2.05, 4.69) is 14.9 Å². The van der Waals surface area contributed by atoms with E-state index >= 15 is 0 Å². The summed E-state index contributed by atoms with van der Waals surface area (Å²) in [5.74, 6) is 0.302. The van der Waals surface area contributed by atoms with E-state index in [1.165, 1.54) is 16.8 Å². The van der Waals surface area contributed by atoms with Gasteiger partial charge in [-0.25, -0.2) is 0 Å². The fourth-order valence-corrected chi connectivity index (χ4v) is 4.60. The molecule has 0 bridgehead atoms. The first-order valence-corrected chi connectivity index (χ1v) is 11.3. The molecule has 0 spiro atoms. The van der Waals surface area contributed by atoms with Crippen molar-refractivity contribution in [2.45, 2.75) is 25.9 Å². The summed E-state index contributed by atoms with van der Waals surface area (Å²) in [5.41, 5.74) is 2.78. The Hall–Kier alpha value is -4.08. The van der Waals surface area contributed by atoms with Crippen molar-refractivity contribution < 1.29 is 18.3 Å². The number of benzene rings is 2. The van der Waals surface area contributed by atoms with Crippen molar-refractivity contribution in [1.29, 1.82) is 0 Å². The van der Waals surface area contributed by atoms with Crippen LogP contribution in [0.25, 0.3) is 27.7 Å². The minimum atomic E-state index is -2.95. The van der Waals surface area contributed by atoms with E-state index in [1.807, 2.05) is 25.4 Å². The van der Waals surface area contributed by atoms with Gasteiger partial charge >= 0.3 is 6.61 Å². The number of ether oxygens (including phenoxy) is 1. The molecule has 0 radical (unpaired) electrons. The van der Waals surface area contributed by atoms with Gasteiger partial charge < -0.3 is 9.64 Å². The average Bonchev–Trinajstić information content (AvgIpc) is 3.48. The Morgan fingerprint density at radius 1 is 1.09 bits per heavy atom. The molecule has 8 nitrogen and oxygen atoms in total. The quantitative estimate of drug-likeness (QED) is 0.423. The number of hydrogen-bond acceptors (Lipinski definition) is 5. The smallest absolute Gasteiger partial charge is 0.387 e. The van der Waals surface area contributed by atoms with Crippen LogP contribution in [0.3, 0.4) is 0 Å². The first-order valence-electron chi connectivity index (χ1n) is 11.3. The van der Waals surface area contributed by atoms with Crippen LogP contribution in [0.4, 0.5) is 14.5 Å². The van der Waals surface area contributed by atoms with Gasteiger partial charge in [-0.05, 0) is 54.7 Å². The number of carbonyl (C=O) groups excluding carboxylic acids is 1. The van der Waals surface area contributed by atoms with Crippen LogP contribution in [0.15, 0.2) is 53.5 Å². The van der Waals surface area contributed by atoms with Gasteiger partial charge in [0.25, 0.3) is 5.56 Å². The van der Waals surface area contributed by atoms with Gasteiger partial charge in [-0.2, -0.15) is 23.7 Å².